The Morgan fingerprint density at radius 2 is 1.47 bits per heavy atom. The van der Waals surface area contributed by atoms with Crippen molar-refractivity contribution in [2.24, 2.45) is 0 Å². The van der Waals surface area contributed by atoms with E-state index in [0.29, 0.717) is 0 Å². The molecule has 0 aromatic heterocycles. The van der Waals surface area contributed by atoms with E-state index in [1.54, 1.807) is 7.11 Å². The highest BCUT2D eigenvalue weighted by atomic mass is 16.5. The minimum absolute atomic E-state index is 0.861. The number of likely N-dealkylation sites (N-methyl/N-ethyl adjacent to an activating group) is 1. The molecule has 0 spiro atoms. The molecule has 0 bridgehead atoms. The molecule has 0 radical (unpaired) electrons. The summed E-state index contributed by atoms with van der Waals surface area (Å²) in [7, 11) is 1.78. The van der Waals surface area contributed by atoms with Gasteiger partial charge in [0.1, 0.15) is 0 Å². The molecular formula is C13H29N3O. The minimum atomic E-state index is 0.861. The molecule has 17 heavy (non-hydrogen) atoms. The van der Waals surface area contributed by atoms with Crippen molar-refractivity contribution in [3.8, 4) is 0 Å². The van der Waals surface area contributed by atoms with Gasteiger partial charge in [-0.05, 0) is 13.1 Å². The van der Waals surface area contributed by atoms with Gasteiger partial charge in [0.05, 0.1) is 6.61 Å². The van der Waals surface area contributed by atoms with E-state index in [-0.39, 0.29) is 0 Å². The van der Waals surface area contributed by atoms with Gasteiger partial charge in [0.15, 0.2) is 0 Å². The van der Waals surface area contributed by atoms with Crippen LogP contribution >= 0.6 is 0 Å². The van der Waals surface area contributed by atoms with Gasteiger partial charge in [0.25, 0.3) is 0 Å². The monoisotopic (exact) mass is 243 g/mol. The third kappa shape index (κ3) is 5.82. The molecule has 4 heteroatoms. The SMILES string of the molecule is CCN(CC)CCN1CCN(CCOC)CC1. The quantitative estimate of drug-likeness (QED) is 0.621. The summed E-state index contributed by atoms with van der Waals surface area (Å²) < 4.78 is 5.12. The maximum atomic E-state index is 5.12. The van der Waals surface area contributed by atoms with Gasteiger partial charge < -0.3 is 9.64 Å². The van der Waals surface area contributed by atoms with Crippen LogP contribution in [0.5, 0.6) is 0 Å². The lowest BCUT2D eigenvalue weighted by Gasteiger charge is -2.35. The van der Waals surface area contributed by atoms with Crippen LogP contribution in [0.1, 0.15) is 13.8 Å². The van der Waals surface area contributed by atoms with Crippen molar-refractivity contribution < 1.29 is 4.74 Å². The van der Waals surface area contributed by atoms with E-state index in [2.05, 4.69) is 28.5 Å². The summed E-state index contributed by atoms with van der Waals surface area (Å²) in [6.45, 7) is 16.0. The summed E-state index contributed by atoms with van der Waals surface area (Å²) in [6.07, 6.45) is 0. The molecule has 1 aliphatic heterocycles. The third-order valence-corrected chi connectivity index (χ3v) is 3.70. The lowest BCUT2D eigenvalue weighted by atomic mass is 10.3. The van der Waals surface area contributed by atoms with E-state index in [0.717, 1.165) is 13.2 Å². The topological polar surface area (TPSA) is 19.0 Å². The molecule has 0 amide bonds. The molecule has 0 saturated carbocycles. The average Bonchev–Trinajstić information content (AvgIpc) is 2.39. The molecule has 0 aromatic rings. The summed E-state index contributed by atoms with van der Waals surface area (Å²) >= 11 is 0. The van der Waals surface area contributed by atoms with E-state index in [1.165, 1.54) is 52.4 Å². The maximum absolute atomic E-state index is 5.12. The molecule has 1 aliphatic rings. The Morgan fingerprint density at radius 1 is 0.941 bits per heavy atom. The molecule has 4 nitrogen and oxygen atoms in total. The Bertz CT molecular complexity index is 178. The number of nitrogens with zero attached hydrogens (tertiary/aromatic N) is 3. The number of methoxy groups -OCH3 is 1. The zero-order chi connectivity index (χ0) is 12.5. The molecule has 0 aromatic carbocycles. The first-order valence-corrected chi connectivity index (χ1v) is 6.96. The lowest BCUT2D eigenvalue weighted by molar-refractivity contribution is 0.0913. The van der Waals surface area contributed by atoms with Crippen LogP contribution in [0.15, 0.2) is 0 Å². The van der Waals surface area contributed by atoms with Crippen molar-refractivity contribution in [1.82, 2.24) is 14.7 Å². The van der Waals surface area contributed by atoms with E-state index in [4.69, 9.17) is 4.74 Å². The number of rotatable bonds is 8. The standard InChI is InChI=1S/C13H29N3O/c1-4-14(5-2)6-7-15-8-10-16(11-9-15)12-13-17-3/h4-13H2,1-3H3. The fraction of sp³-hybridized carbons (Fsp3) is 1.00. The molecule has 1 saturated heterocycles. The van der Waals surface area contributed by atoms with Gasteiger partial charge in [-0.3, -0.25) is 9.80 Å². The average molecular weight is 243 g/mol. The first-order valence-electron chi connectivity index (χ1n) is 6.96. The lowest BCUT2D eigenvalue weighted by Crippen LogP contribution is -2.49. The molecule has 0 N–H and O–H groups in total. The molecule has 102 valence electrons. The van der Waals surface area contributed by atoms with Crippen LogP contribution in [0.3, 0.4) is 0 Å². The van der Waals surface area contributed by atoms with Crippen molar-refractivity contribution in [1.29, 1.82) is 0 Å². The zero-order valence-corrected chi connectivity index (χ0v) is 11.8. The Balaban J connectivity index is 2.10. The van der Waals surface area contributed by atoms with E-state index in [9.17, 15) is 0 Å². The fourth-order valence-electron chi connectivity index (χ4n) is 2.28. The number of ether oxygens (including phenoxy) is 1. The second-order valence-corrected chi connectivity index (χ2v) is 4.70. The highest BCUT2D eigenvalue weighted by molar-refractivity contribution is 4.72. The van der Waals surface area contributed by atoms with Crippen LogP contribution in [0.4, 0.5) is 0 Å². The maximum Gasteiger partial charge on any atom is 0.0589 e. The third-order valence-electron chi connectivity index (χ3n) is 3.70. The second kappa shape index (κ2) is 8.86. The van der Waals surface area contributed by atoms with Crippen molar-refractivity contribution in [2.45, 2.75) is 13.8 Å². The van der Waals surface area contributed by atoms with Gasteiger partial charge in [-0.25, -0.2) is 0 Å². The summed E-state index contributed by atoms with van der Waals surface area (Å²) in [6, 6.07) is 0. The Morgan fingerprint density at radius 3 is 1.94 bits per heavy atom. The van der Waals surface area contributed by atoms with Crippen molar-refractivity contribution in [3.05, 3.63) is 0 Å². The van der Waals surface area contributed by atoms with Gasteiger partial charge in [-0.1, -0.05) is 13.8 Å². The summed E-state index contributed by atoms with van der Waals surface area (Å²) in [5.41, 5.74) is 0. The Labute approximate surface area is 107 Å². The Hall–Kier alpha value is -0.160. The molecule has 0 aliphatic carbocycles. The molecular weight excluding hydrogens is 214 g/mol. The molecule has 0 atom stereocenters. The predicted molar refractivity (Wildman–Crippen MR) is 72.5 cm³/mol. The second-order valence-electron chi connectivity index (χ2n) is 4.70. The highest BCUT2D eigenvalue weighted by Crippen LogP contribution is 2.01. The van der Waals surface area contributed by atoms with Crippen LogP contribution < -0.4 is 0 Å². The minimum Gasteiger partial charge on any atom is -0.383 e. The summed E-state index contributed by atoms with van der Waals surface area (Å²) in [5, 5.41) is 0. The normalized spacial score (nSPS) is 19.1. The van der Waals surface area contributed by atoms with Crippen LogP contribution in [0.25, 0.3) is 0 Å². The number of hydrogen-bond acceptors (Lipinski definition) is 4. The van der Waals surface area contributed by atoms with E-state index < -0.39 is 0 Å². The number of hydrogen-bond donors (Lipinski definition) is 0. The summed E-state index contributed by atoms with van der Waals surface area (Å²) in [4.78, 5) is 7.58. The van der Waals surface area contributed by atoms with Gasteiger partial charge in [0.2, 0.25) is 0 Å². The Kier molecular flexibility index (Phi) is 7.77. The first kappa shape index (κ1) is 14.9. The largest absolute Gasteiger partial charge is 0.383 e. The van der Waals surface area contributed by atoms with Crippen molar-refractivity contribution in [3.63, 3.8) is 0 Å². The van der Waals surface area contributed by atoms with Crippen LogP contribution in [-0.4, -0.2) is 87.3 Å². The summed E-state index contributed by atoms with van der Waals surface area (Å²) in [5.74, 6) is 0. The number of piperazine rings is 1. The fourth-order valence-corrected chi connectivity index (χ4v) is 2.28. The molecule has 1 heterocycles. The highest BCUT2D eigenvalue weighted by Gasteiger charge is 2.16. The van der Waals surface area contributed by atoms with Crippen molar-refractivity contribution >= 4 is 0 Å². The van der Waals surface area contributed by atoms with Gasteiger partial charge >= 0.3 is 0 Å². The van der Waals surface area contributed by atoms with Gasteiger partial charge in [-0.15, -0.1) is 0 Å². The molecule has 1 fully saturated rings. The first-order chi connectivity index (χ1) is 8.30. The molecule has 1 rings (SSSR count). The van der Waals surface area contributed by atoms with Crippen molar-refractivity contribution in [2.75, 3.05) is 72.6 Å². The smallest absolute Gasteiger partial charge is 0.0589 e. The van der Waals surface area contributed by atoms with Crippen LogP contribution in [0.2, 0.25) is 0 Å². The predicted octanol–water partition coefficient (Wildman–Crippen LogP) is 0.592. The van der Waals surface area contributed by atoms with Crippen LogP contribution in [-0.2, 0) is 4.74 Å². The van der Waals surface area contributed by atoms with Gasteiger partial charge in [0, 0.05) is 52.9 Å². The van der Waals surface area contributed by atoms with E-state index in [1.807, 2.05) is 0 Å². The molecule has 0 unspecified atom stereocenters. The zero-order valence-electron chi connectivity index (χ0n) is 11.8. The van der Waals surface area contributed by atoms with Gasteiger partial charge in [-0.2, -0.15) is 0 Å². The van der Waals surface area contributed by atoms with Crippen LogP contribution in [0, 0.1) is 0 Å². The van der Waals surface area contributed by atoms with E-state index >= 15 is 0 Å².